The van der Waals surface area contributed by atoms with Crippen molar-refractivity contribution in [2.45, 2.75) is 0 Å². The van der Waals surface area contributed by atoms with E-state index in [0.717, 1.165) is 6.54 Å². The van der Waals surface area contributed by atoms with E-state index < -0.39 is 0 Å². The summed E-state index contributed by atoms with van der Waals surface area (Å²) in [6, 6.07) is 0. The van der Waals surface area contributed by atoms with Crippen LogP contribution in [0.4, 0.5) is 0 Å². The zero-order chi connectivity index (χ0) is 9.66. The second-order valence-corrected chi connectivity index (χ2v) is 2.04. The second kappa shape index (κ2) is 17.0. The van der Waals surface area contributed by atoms with Gasteiger partial charge in [-0.1, -0.05) is 0 Å². The molecule has 0 aliphatic rings. The molecule has 6 N–H and O–H groups in total. The molecule has 0 heterocycles. The molecule has 5 heteroatoms. The van der Waals surface area contributed by atoms with Gasteiger partial charge in [-0.2, -0.15) is 0 Å². The molecule has 0 saturated carbocycles. The number of hydrogen-bond acceptors (Lipinski definition) is 5. The van der Waals surface area contributed by atoms with Crippen LogP contribution >= 0.6 is 0 Å². The summed E-state index contributed by atoms with van der Waals surface area (Å²) in [6.45, 7) is 3.56. The summed E-state index contributed by atoms with van der Waals surface area (Å²) in [5.74, 6) is 0. The lowest BCUT2D eigenvalue weighted by atomic mass is 10.6. The van der Waals surface area contributed by atoms with Gasteiger partial charge >= 0.3 is 0 Å². The van der Waals surface area contributed by atoms with Gasteiger partial charge in [-0.3, -0.25) is 0 Å². The number of aliphatic hydroxyl groups is 1. The van der Waals surface area contributed by atoms with Crippen molar-refractivity contribution in [3.05, 3.63) is 0 Å². The van der Waals surface area contributed by atoms with E-state index in [1.165, 1.54) is 0 Å². The van der Waals surface area contributed by atoms with Crippen LogP contribution in [0.1, 0.15) is 0 Å². The van der Waals surface area contributed by atoms with E-state index in [2.05, 4.69) is 10.1 Å². The first-order valence-corrected chi connectivity index (χ1v) is 4.04. The minimum atomic E-state index is 0.194. The van der Waals surface area contributed by atoms with Crippen LogP contribution in [0, 0.1) is 0 Å². The quantitative estimate of drug-likeness (QED) is 0.358. The van der Waals surface area contributed by atoms with Crippen molar-refractivity contribution >= 4 is 0 Å². The third kappa shape index (κ3) is 22.6. The van der Waals surface area contributed by atoms with Gasteiger partial charge in [0.05, 0.1) is 13.2 Å². The molecule has 0 spiro atoms. The molecule has 0 bridgehead atoms. The molecule has 12 heavy (non-hydrogen) atoms. The van der Waals surface area contributed by atoms with Crippen molar-refractivity contribution in [3.8, 4) is 0 Å². The highest BCUT2D eigenvalue weighted by atomic mass is 16.5. The lowest BCUT2D eigenvalue weighted by Gasteiger charge is -1.95. The summed E-state index contributed by atoms with van der Waals surface area (Å²) in [4.78, 5) is 0. The Labute approximate surface area is 74.1 Å². The Kier molecular flexibility index (Phi) is 20.4. The van der Waals surface area contributed by atoms with E-state index >= 15 is 0 Å². The highest BCUT2D eigenvalue weighted by molar-refractivity contribution is 4.42. The van der Waals surface area contributed by atoms with Gasteiger partial charge in [0.1, 0.15) is 0 Å². The van der Waals surface area contributed by atoms with Crippen LogP contribution in [-0.2, 0) is 4.74 Å². The predicted molar refractivity (Wildman–Crippen MR) is 49.9 cm³/mol. The zero-order valence-electron chi connectivity index (χ0n) is 7.75. The van der Waals surface area contributed by atoms with Gasteiger partial charge in [-0.15, -0.1) is 0 Å². The molecule has 0 aliphatic carbocycles. The van der Waals surface area contributed by atoms with Crippen molar-refractivity contribution in [2.75, 3.05) is 46.5 Å². The van der Waals surface area contributed by atoms with Gasteiger partial charge < -0.3 is 26.6 Å². The van der Waals surface area contributed by atoms with Gasteiger partial charge in [0.15, 0.2) is 0 Å². The molecule has 0 saturated heterocycles. The molecule has 0 unspecified atom stereocenters. The standard InChI is InChI=1S/C4H12N2O.C3H9NO/c5-1-2-6-3-4-7;1-5-3-2-4/h6-7H,1-5H2;2-4H2,1H3. The van der Waals surface area contributed by atoms with Crippen molar-refractivity contribution in [2.24, 2.45) is 11.5 Å². The van der Waals surface area contributed by atoms with Gasteiger partial charge in [-0.25, -0.2) is 0 Å². The fourth-order valence-electron chi connectivity index (χ4n) is 0.424. The largest absolute Gasteiger partial charge is 0.395 e. The van der Waals surface area contributed by atoms with Crippen molar-refractivity contribution in [3.63, 3.8) is 0 Å². The van der Waals surface area contributed by atoms with Crippen molar-refractivity contribution < 1.29 is 9.84 Å². The number of hydrogen-bond donors (Lipinski definition) is 4. The topological polar surface area (TPSA) is 93.5 Å². The average Bonchev–Trinajstić information content (AvgIpc) is 2.08. The maximum absolute atomic E-state index is 8.19. The van der Waals surface area contributed by atoms with E-state index in [9.17, 15) is 0 Å². The number of nitrogens with two attached hydrogens (primary N) is 2. The molecule has 0 aromatic heterocycles. The number of methoxy groups -OCH3 is 1. The Bertz CT molecular complexity index is 58.6. The van der Waals surface area contributed by atoms with Crippen molar-refractivity contribution in [1.29, 1.82) is 0 Å². The Morgan fingerprint density at radius 2 is 1.92 bits per heavy atom. The minimum absolute atomic E-state index is 0.194. The molecule has 0 rings (SSSR count). The first kappa shape index (κ1) is 14.3. The minimum Gasteiger partial charge on any atom is -0.395 e. The first-order valence-electron chi connectivity index (χ1n) is 4.04. The normalized spacial score (nSPS) is 9.00. The fraction of sp³-hybridized carbons (Fsp3) is 1.00. The molecule has 0 atom stereocenters. The zero-order valence-corrected chi connectivity index (χ0v) is 7.75. The first-order chi connectivity index (χ1) is 5.83. The SMILES string of the molecule is COCCN.NCCNCCO. The molecular weight excluding hydrogens is 158 g/mol. The van der Waals surface area contributed by atoms with Gasteiger partial charge in [0.25, 0.3) is 0 Å². The van der Waals surface area contributed by atoms with Gasteiger partial charge in [0.2, 0.25) is 0 Å². The van der Waals surface area contributed by atoms with E-state index in [-0.39, 0.29) is 6.61 Å². The number of ether oxygens (including phenoxy) is 1. The predicted octanol–water partition coefficient (Wildman–Crippen LogP) is -1.88. The average molecular weight is 179 g/mol. The summed E-state index contributed by atoms with van der Waals surface area (Å²) < 4.78 is 4.57. The summed E-state index contributed by atoms with van der Waals surface area (Å²) >= 11 is 0. The van der Waals surface area contributed by atoms with Crippen LogP contribution in [0.3, 0.4) is 0 Å². The second-order valence-electron chi connectivity index (χ2n) is 2.04. The number of rotatable bonds is 6. The van der Waals surface area contributed by atoms with Crippen LogP contribution in [0.2, 0.25) is 0 Å². The molecule has 0 radical (unpaired) electrons. The number of aliphatic hydroxyl groups excluding tert-OH is 1. The molecule has 0 amide bonds. The van der Waals surface area contributed by atoms with E-state index in [4.69, 9.17) is 16.6 Å². The van der Waals surface area contributed by atoms with E-state index in [1.54, 1.807) is 7.11 Å². The lowest BCUT2D eigenvalue weighted by molar-refractivity contribution is 0.207. The Balaban J connectivity index is 0. The Morgan fingerprint density at radius 1 is 1.25 bits per heavy atom. The fourth-order valence-corrected chi connectivity index (χ4v) is 0.424. The maximum atomic E-state index is 8.19. The summed E-state index contributed by atoms with van der Waals surface area (Å²) in [7, 11) is 1.63. The van der Waals surface area contributed by atoms with Crippen LogP contribution in [0.5, 0.6) is 0 Å². The summed E-state index contributed by atoms with van der Waals surface area (Å²) in [5.41, 5.74) is 10.1. The summed E-state index contributed by atoms with van der Waals surface area (Å²) in [5, 5.41) is 11.1. The molecule has 76 valence electrons. The molecule has 0 aliphatic heterocycles. The van der Waals surface area contributed by atoms with E-state index in [1.807, 2.05) is 0 Å². The Morgan fingerprint density at radius 3 is 2.17 bits per heavy atom. The smallest absolute Gasteiger partial charge is 0.0584 e. The van der Waals surface area contributed by atoms with Crippen LogP contribution in [-0.4, -0.2) is 51.6 Å². The maximum Gasteiger partial charge on any atom is 0.0584 e. The molecule has 0 fully saturated rings. The van der Waals surface area contributed by atoms with Crippen LogP contribution in [0.25, 0.3) is 0 Å². The van der Waals surface area contributed by atoms with Crippen LogP contribution in [0.15, 0.2) is 0 Å². The molecule has 5 nitrogen and oxygen atoms in total. The van der Waals surface area contributed by atoms with Crippen molar-refractivity contribution in [1.82, 2.24) is 5.32 Å². The monoisotopic (exact) mass is 179 g/mol. The lowest BCUT2D eigenvalue weighted by Crippen LogP contribution is -2.24. The number of nitrogens with one attached hydrogen (secondary N) is 1. The third-order valence-corrected chi connectivity index (χ3v) is 0.932. The summed E-state index contributed by atoms with van der Waals surface area (Å²) in [6.07, 6.45) is 0. The highest BCUT2D eigenvalue weighted by Gasteiger charge is 1.77. The van der Waals surface area contributed by atoms with Gasteiger partial charge in [0, 0.05) is 33.3 Å². The van der Waals surface area contributed by atoms with E-state index in [0.29, 0.717) is 26.2 Å². The van der Waals surface area contributed by atoms with Gasteiger partial charge in [-0.05, 0) is 0 Å². The molecule has 0 aromatic carbocycles. The van der Waals surface area contributed by atoms with Crippen LogP contribution < -0.4 is 16.8 Å². The highest BCUT2D eigenvalue weighted by Crippen LogP contribution is 1.53. The molecular formula is C7H21N3O2. The third-order valence-electron chi connectivity index (χ3n) is 0.932. The Hall–Kier alpha value is -0.200. The molecule has 0 aromatic rings.